The molecule has 0 spiro atoms. The van der Waals surface area contributed by atoms with Crippen molar-refractivity contribution in [3.8, 4) is 11.1 Å². The number of amides is 1. The third-order valence-electron chi connectivity index (χ3n) is 8.71. The number of nitrogens with zero attached hydrogens (tertiary/aromatic N) is 5. The van der Waals surface area contributed by atoms with E-state index in [1.165, 1.54) is 23.1 Å². The van der Waals surface area contributed by atoms with E-state index in [9.17, 15) is 22.4 Å². The van der Waals surface area contributed by atoms with Gasteiger partial charge in [-0.05, 0) is 60.9 Å². The van der Waals surface area contributed by atoms with E-state index < -0.39 is 30.0 Å². The van der Waals surface area contributed by atoms with Crippen LogP contribution in [0.5, 0.6) is 0 Å². The van der Waals surface area contributed by atoms with Gasteiger partial charge in [0.2, 0.25) is 5.91 Å². The Morgan fingerprint density at radius 3 is 2.72 bits per heavy atom. The van der Waals surface area contributed by atoms with Crippen LogP contribution < -0.4 is 5.32 Å². The first-order valence-corrected chi connectivity index (χ1v) is 14.1. The highest BCUT2D eigenvalue weighted by Gasteiger charge is 2.53. The Hall–Kier alpha value is -4.61. The highest BCUT2D eigenvalue weighted by atomic mass is 19.3. The molecule has 0 saturated heterocycles. The largest absolute Gasteiger partial charge is 0.346 e. The molecule has 1 saturated carbocycles. The normalized spacial score (nSPS) is 19.7. The van der Waals surface area contributed by atoms with Crippen molar-refractivity contribution in [1.29, 1.82) is 0 Å². The topological polar surface area (TPSA) is 101 Å². The van der Waals surface area contributed by atoms with Crippen LogP contribution in [0.1, 0.15) is 59.9 Å². The molecule has 4 heterocycles. The van der Waals surface area contributed by atoms with Crippen LogP contribution in [0.3, 0.4) is 0 Å². The lowest BCUT2D eigenvalue weighted by Crippen LogP contribution is -2.34. The number of pyridine rings is 1. The van der Waals surface area contributed by atoms with Crippen LogP contribution in [0.4, 0.5) is 17.6 Å². The van der Waals surface area contributed by atoms with Crippen LogP contribution in [0.15, 0.2) is 55.2 Å². The van der Waals surface area contributed by atoms with E-state index in [1.54, 1.807) is 18.6 Å². The van der Waals surface area contributed by atoms with E-state index >= 15 is 0 Å². The molecule has 2 aliphatic rings. The summed E-state index contributed by atoms with van der Waals surface area (Å²) < 4.78 is 57.5. The number of carbonyl (C=O) groups excluding carboxylic acids is 1. The molecule has 0 bridgehead atoms. The first-order valence-electron chi connectivity index (χ1n) is 14.1. The minimum atomic E-state index is -2.74. The van der Waals surface area contributed by atoms with Gasteiger partial charge in [0.05, 0.1) is 11.7 Å². The molecule has 8 nitrogen and oxygen atoms in total. The van der Waals surface area contributed by atoms with Gasteiger partial charge in [-0.1, -0.05) is 6.92 Å². The number of alkyl halides is 2. The number of halogens is 4. The smallest absolute Gasteiger partial charge is 0.282 e. The molecule has 5 aromatic rings. The van der Waals surface area contributed by atoms with E-state index in [0.29, 0.717) is 57.5 Å². The zero-order chi connectivity index (χ0) is 29.8. The number of H-pyrrole nitrogens is 1. The maximum absolute atomic E-state index is 14.2. The molecule has 4 aromatic heterocycles. The predicted octanol–water partition coefficient (Wildman–Crippen LogP) is 5.83. The molecule has 1 unspecified atom stereocenters. The van der Waals surface area contributed by atoms with Gasteiger partial charge in [0, 0.05) is 58.3 Å². The van der Waals surface area contributed by atoms with Crippen molar-refractivity contribution in [3.05, 3.63) is 95.1 Å². The summed E-state index contributed by atoms with van der Waals surface area (Å²) in [6.07, 6.45) is 4.96. The molecule has 43 heavy (non-hydrogen) atoms. The minimum Gasteiger partial charge on any atom is -0.346 e. The predicted molar refractivity (Wildman–Crippen MR) is 149 cm³/mol. The van der Waals surface area contributed by atoms with Crippen LogP contribution in [0.25, 0.3) is 22.2 Å². The SMILES string of the molecule is C[C@@H]1[C@@H]2CCc3c(C(F)F)nn(CC(=O)NC(Cc4cc(F)cc(F)c4)c4ncncc4-c4cnc5[nH]ccc5c4)c3[C@H]12. The van der Waals surface area contributed by atoms with Gasteiger partial charge in [-0.2, -0.15) is 5.10 Å². The lowest BCUT2D eigenvalue weighted by Gasteiger charge is -2.22. The zero-order valence-electron chi connectivity index (χ0n) is 23.1. The molecule has 220 valence electrons. The lowest BCUT2D eigenvalue weighted by atomic mass is 9.95. The van der Waals surface area contributed by atoms with Crippen molar-refractivity contribution in [1.82, 2.24) is 35.0 Å². The zero-order valence-corrected chi connectivity index (χ0v) is 23.1. The molecule has 1 aromatic carbocycles. The number of hydrogen-bond donors (Lipinski definition) is 2. The van der Waals surface area contributed by atoms with Gasteiger partial charge < -0.3 is 10.3 Å². The molecule has 0 radical (unpaired) electrons. The van der Waals surface area contributed by atoms with Crippen LogP contribution in [0.2, 0.25) is 0 Å². The average Bonchev–Trinajstić information content (AvgIpc) is 3.29. The van der Waals surface area contributed by atoms with E-state index in [-0.39, 0.29) is 24.6 Å². The summed E-state index contributed by atoms with van der Waals surface area (Å²) in [4.78, 5) is 29.8. The van der Waals surface area contributed by atoms with Crippen molar-refractivity contribution in [3.63, 3.8) is 0 Å². The van der Waals surface area contributed by atoms with Crippen molar-refractivity contribution in [2.75, 3.05) is 0 Å². The molecule has 1 fully saturated rings. The first kappa shape index (κ1) is 27.2. The molecule has 0 aliphatic heterocycles. The molecular formula is C31H27F4N7O. The highest BCUT2D eigenvalue weighted by molar-refractivity contribution is 5.82. The number of fused-ring (bicyclic) bond motifs is 4. The molecule has 2 aliphatic carbocycles. The van der Waals surface area contributed by atoms with E-state index in [0.717, 1.165) is 17.9 Å². The van der Waals surface area contributed by atoms with Crippen molar-refractivity contribution < 1.29 is 22.4 Å². The Labute approximate surface area is 243 Å². The number of carbonyl (C=O) groups is 1. The maximum atomic E-state index is 14.2. The Morgan fingerprint density at radius 1 is 1.12 bits per heavy atom. The van der Waals surface area contributed by atoms with Gasteiger partial charge in [0.1, 0.15) is 35.8 Å². The van der Waals surface area contributed by atoms with Gasteiger partial charge in [0.15, 0.2) is 0 Å². The maximum Gasteiger partial charge on any atom is 0.282 e. The van der Waals surface area contributed by atoms with Crippen LogP contribution >= 0.6 is 0 Å². The Morgan fingerprint density at radius 2 is 1.93 bits per heavy atom. The molecule has 4 atom stereocenters. The van der Waals surface area contributed by atoms with E-state index in [4.69, 9.17) is 0 Å². The fraction of sp³-hybridized carbons (Fsp3) is 0.323. The second-order valence-corrected chi connectivity index (χ2v) is 11.4. The van der Waals surface area contributed by atoms with Gasteiger partial charge in [-0.3, -0.25) is 9.48 Å². The average molecular weight is 590 g/mol. The molecule has 7 rings (SSSR count). The number of hydrogen-bond acceptors (Lipinski definition) is 5. The van der Waals surface area contributed by atoms with E-state index in [2.05, 4.69) is 37.3 Å². The third kappa shape index (κ3) is 5.04. The summed E-state index contributed by atoms with van der Waals surface area (Å²) >= 11 is 0. The van der Waals surface area contributed by atoms with Crippen molar-refractivity contribution >= 4 is 16.9 Å². The van der Waals surface area contributed by atoms with Gasteiger partial charge in [0.25, 0.3) is 6.43 Å². The monoisotopic (exact) mass is 589 g/mol. The number of aromatic amines is 1. The summed E-state index contributed by atoms with van der Waals surface area (Å²) in [6, 6.07) is 6.10. The number of benzene rings is 1. The molecule has 12 heteroatoms. The van der Waals surface area contributed by atoms with Crippen molar-refractivity contribution in [2.24, 2.45) is 11.8 Å². The Balaban J connectivity index is 1.24. The lowest BCUT2D eigenvalue weighted by molar-refractivity contribution is -0.122. The second-order valence-electron chi connectivity index (χ2n) is 11.4. The number of rotatable bonds is 8. The summed E-state index contributed by atoms with van der Waals surface area (Å²) in [5.41, 5.74) is 3.67. The van der Waals surface area contributed by atoms with Gasteiger partial charge >= 0.3 is 0 Å². The second kappa shape index (κ2) is 10.6. The highest BCUT2D eigenvalue weighted by Crippen LogP contribution is 2.60. The summed E-state index contributed by atoms with van der Waals surface area (Å²) in [5, 5.41) is 7.99. The standard InChI is InChI=1S/C31H27F4N7O/c1-15-21-2-3-22-28(30(34)35)41-42(29(22)26(15)21)13-25(43)40-24(8-16-6-19(32)10-20(33)7-16)27-23(12-36-14-39-27)18-9-17-4-5-37-31(17)38-11-18/h4-7,9-12,14-15,21,24,26,30H,2-3,8,13H2,1H3,(H,37,38)(H,40,43)/t15-,21+,24?,26-/m1/s1. The summed E-state index contributed by atoms with van der Waals surface area (Å²) in [7, 11) is 0. The minimum absolute atomic E-state index is 0.00545. The van der Waals surface area contributed by atoms with Gasteiger partial charge in [-0.25, -0.2) is 32.5 Å². The summed E-state index contributed by atoms with van der Waals surface area (Å²) in [5.74, 6) is -1.14. The fourth-order valence-corrected chi connectivity index (χ4v) is 6.69. The van der Waals surface area contributed by atoms with E-state index in [1.807, 2.05) is 12.1 Å². The Kier molecular flexibility index (Phi) is 6.71. The number of nitrogens with one attached hydrogen (secondary N) is 2. The molecule has 1 amide bonds. The van der Waals surface area contributed by atoms with Crippen LogP contribution in [-0.4, -0.2) is 35.6 Å². The van der Waals surface area contributed by atoms with Crippen LogP contribution in [0, 0.1) is 23.5 Å². The first-order chi connectivity index (χ1) is 20.8. The fourth-order valence-electron chi connectivity index (χ4n) is 6.69. The molecule has 2 N–H and O–H groups in total. The quantitative estimate of drug-likeness (QED) is 0.222. The van der Waals surface area contributed by atoms with Crippen molar-refractivity contribution in [2.45, 2.75) is 51.1 Å². The van der Waals surface area contributed by atoms with Crippen LogP contribution in [-0.2, 0) is 24.2 Å². The third-order valence-corrected chi connectivity index (χ3v) is 8.71. The Bertz CT molecular complexity index is 1830. The van der Waals surface area contributed by atoms with Gasteiger partial charge in [-0.15, -0.1) is 0 Å². The molecular weight excluding hydrogens is 562 g/mol. The summed E-state index contributed by atoms with van der Waals surface area (Å²) in [6.45, 7) is 1.81. The number of aromatic nitrogens is 6.